The van der Waals surface area contributed by atoms with Crippen LogP contribution in [-0.2, 0) is 15.1 Å². The van der Waals surface area contributed by atoms with Crippen molar-refractivity contribution in [2.24, 2.45) is 5.92 Å². The summed E-state index contributed by atoms with van der Waals surface area (Å²) in [6.45, 7) is 9.27. The summed E-state index contributed by atoms with van der Waals surface area (Å²) in [5.41, 5.74) is 3.09. The van der Waals surface area contributed by atoms with Gasteiger partial charge in [-0.2, -0.15) is 18.3 Å². The highest BCUT2D eigenvalue weighted by molar-refractivity contribution is 6.31. The molecule has 1 saturated carbocycles. The zero-order valence-corrected chi connectivity index (χ0v) is 30.0. The largest absolute Gasteiger partial charge is 0.490 e. The molecule has 0 bridgehead atoms. The molecule has 1 aromatic heterocycles. The van der Waals surface area contributed by atoms with Crippen LogP contribution in [0.25, 0.3) is 5.69 Å². The Hall–Kier alpha value is -4.36. The van der Waals surface area contributed by atoms with Crippen LogP contribution < -0.4 is 5.32 Å². The number of carbonyl (C=O) groups excluding carboxylic acids is 1. The summed E-state index contributed by atoms with van der Waals surface area (Å²) in [6.07, 6.45) is -2.41. The highest BCUT2D eigenvalue weighted by Crippen LogP contribution is 2.44. The Kier molecular flexibility index (Phi) is 11.7. The third kappa shape index (κ3) is 8.98. The predicted octanol–water partition coefficient (Wildman–Crippen LogP) is 8.24. The number of halogens is 6. The Labute approximate surface area is 304 Å². The van der Waals surface area contributed by atoms with E-state index in [1.807, 2.05) is 59.8 Å². The van der Waals surface area contributed by atoms with Crippen LogP contribution in [0.15, 0.2) is 66.7 Å². The van der Waals surface area contributed by atoms with Gasteiger partial charge in [-0.25, -0.2) is 23.2 Å². The number of piperidine rings is 1. The summed E-state index contributed by atoms with van der Waals surface area (Å²) in [5, 5.41) is 16.3. The number of alkyl halides is 3. The van der Waals surface area contributed by atoms with Crippen LogP contribution in [0.3, 0.4) is 0 Å². The Morgan fingerprint density at radius 3 is 2.19 bits per heavy atom. The highest BCUT2D eigenvalue weighted by Gasteiger charge is 2.44. The molecule has 2 N–H and O–H groups in total. The molecule has 3 atom stereocenters. The van der Waals surface area contributed by atoms with Gasteiger partial charge in [-0.05, 0) is 100 Å². The zero-order valence-electron chi connectivity index (χ0n) is 29.2. The number of nitrogens with zero attached hydrogens (tertiary/aromatic N) is 4. The molecule has 2 fully saturated rings. The fourth-order valence-corrected chi connectivity index (χ4v) is 7.38. The molecule has 52 heavy (non-hydrogen) atoms. The Bertz CT molecular complexity index is 1890. The smallest absolute Gasteiger partial charge is 0.475 e. The number of hydrogen-bond acceptors (Lipinski definition) is 5. The molecule has 2 heterocycles. The molecular weight excluding hydrogens is 705 g/mol. The maximum Gasteiger partial charge on any atom is 0.490 e. The minimum Gasteiger partial charge on any atom is -0.475 e. The summed E-state index contributed by atoms with van der Waals surface area (Å²) >= 11 is 6.27. The number of likely N-dealkylation sites (tertiary alicyclic amines) is 1. The van der Waals surface area contributed by atoms with Gasteiger partial charge in [0.1, 0.15) is 23.3 Å². The normalized spacial score (nSPS) is 19.7. The highest BCUT2D eigenvalue weighted by atomic mass is 35.5. The van der Waals surface area contributed by atoms with Gasteiger partial charge in [-0.3, -0.25) is 4.79 Å². The van der Waals surface area contributed by atoms with Crippen LogP contribution in [0.1, 0.15) is 79.7 Å². The molecule has 2 aliphatic rings. The van der Waals surface area contributed by atoms with E-state index in [1.165, 1.54) is 12.1 Å². The maximum atomic E-state index is 15.2. The standard InChI is InChI=1S/C36H40ClF2N5O.C2HF3O2/c1-22-18-28(11-13-32(22)37)44-34(40-23(2)42-44)24-14-16-43(17-15-24)35(45)31-21-27(41-36(3,4)25-8-6-5-7-9-25)20-30(31)29-12-10-26(38)19-33(29)39;3-2(4,5)1(6)7/h5-13,18-19,24,27,30-31,41H,14-17,20-21H2,1-4H3;(H,6,7)/t27?,30-,31+;/m0./s1. The fourth-order valence-electron chi connectivity index (χ4n) is 7.26. The number of carbonyl (C=O) groups is 2. The topological polar surface area (TPSA) is 100 Å². The number of aryl methyl sites for hydroxylation is 2. The number of benzene rings is 3. The first kappa shape index (κ1) is 38.9. The van der Waals surface area contributed by atoms with Gasteiger partial charge >= 0.3 is 12.1 Å². The molecule has 4 aromatic rings. The quantitative estimate of drug-likeness (QED) is 0.185. The summed E-state index contributed by atoms with van der Waals surface area (Å²) in [5.74, 6) is -2.96. The summed E-state index contributed by atoms with van der Waals surface area (Å²) in [7, 11) is 0. The van der Waals surface area contributed by atoms with Gasteiger partial charge in [-0.1, -0.05) is 48.0 Å². The number of nitrogens with one attached hydrogen (secondary N) is 1. The Morgan fingerprint density at radius 1 is 0.942 bits per heavy atom. The molecule has 0 radical (unpaired) electrons. The first-order valence-electron chi connectivity index (χ1n) is 17.0. The van der Waals surface area contributed by atoms with Crippen LogP contribution >= 0.6 is 11.6 Å². The number of carboxylic acids is 1. The average Bonchev–Trinajstić information content (AvgIpc) is 3.69. The molecule has 14 heteroatoms. The molecule has 6 rings (SSSR count). The zero-order chi connectivity index (χ0) is 38.0. The van der Waals surface area contributed by atoms with Crippen LogP contribution in [0, 0.1) is 31.4 Å². The van der Waals surface area contributed by atoms with E-state index in [2.05, 4.69) is 36.4 Å². The lowest BCUT2D eigenvalue weighted by molar-refractivity contribution is -0.192. The summed E-state index contributed by atoms with van der Waals surface area (Å²) in [4.78, 5) is 29.8. The van der Waals surface area contributed by atoms with Crippen molar-refractivity contribution >= 4 is 23.5 Å². The fraction of sp³-hybridized carbons (Fsp3) is 0.421. The number of hydrogen-bond donors (Lipinski definition) is 2. The SMILES string of the molecule is Cc1nc(C2CCN(C(=O)[C@@H]3CC(NC(C)(C)c4ccccc4)C[C@H]3c3ccc(F)cc3F)CC2)n(-c2ccc(Cl)c(C)c2)n1.O=C(O)C(F)(F)F. The van der Waals surface area contributed by atoms with Crippen molar-refractivity contribution in [2.45, 2.75) is 83.0 Å². The van der Waals surface area contributed by atoms with Gasteiger partial charge in [0.05, 0.1) is 5.69 Å². The van der Waals surface area contributed by atoms with E-state index in [0.717, 1.165) is 41.5 Å². The van der Waals surface area contributed by atoms with Gasteiger partial charge in [0.2, 0.25) is 5.91 Å². The lowest BCUT2D eigenvalue weighted by Gasteiger charge is -2.34. The van der Waals surface area contributed by atoms with Crippen molar-refractivity contribution in [1.29, 1.82) is 0 Å². The third-order valence-electron chi connectivity index (χ3n) is 9.84. The van der Waals surface area contributed by atoms with E-state index in [0.29, 0.717) is 42.3 Å². The van der Waals surface area contributed by atoms with Crippen molar-refractivity contribution < 1.29 is 36.6 Å². The van der Waals surface area contributed by atoms with Crippen molar-refractivity contribution in [1.82, 2.24) is 25.0 Å². The molecule has 1 unspecified atom stereocenters. The van der Waals surface area contributed by atoms with E-state index < -0.39 is 29.7 Å². The van der Waals surface area contributed by atoms with E-state index in [4.69, 9.17) is 26.5 Å². The van der Waals surface area contributed by atoms with E-state index in [-0.39, 0.29) is 29.3 Å². The minimum atomic E-state index is -5.08. The van der Waals surface area contributed by atoms with E-state index in [1.54, 1.807) is 0 Å². The van der Waals surface area contributed by atoms with Crippen LogP contribution in [0.4, 0.5) is 22.0 Å². The second kappa shape index (κ2) is 15.7. The molecular formula is C38H41ClF5N5O3. The second-order valence-electron chi connectivity index (χ2n) is 13.9. The lowest BCUT2D eigenvalue weighted by Crippen LogP contribution is -2.44. The lowest BCUT2D eigenvalue weighted by atomic mass is 9.86. The van der Waals surface area contributed by atoms with Gasteiger partial charge < -0.3 is 15.3 Å². The van der Waals surface area contributed by atoms with Crippen molar-refractivity contribution in [3.8, 4) is 5.69 Å². The van der Waals surface area contributed by atoms with Crippen LogP contribution in [0.2, 0.25) is 5.02 Å². The van der Waals surface area contributed by atoms with Crippen LogP contribution in [-0.4, -0.2) is 62.0 Å². The summed E-state index contributed by atoms with van der Waals surface area (Å²) < 4.78 is 62.7. The first-order chi connectivity index (χ1) is 24.4. The van der Waals surface area contributed by atoms with Gasteiger partial charge in [0.15, 0.2) is 0 Å². The predicted molar refractivity (Wildman–Crippen MR) is 186 cm³/mol. The molecule has 1 saturated heterocycles. The van der Waals surface area contributed by atoms with Gasteiger partial charge in [0.25, 0.3) is 0 Å². The minimum absolute atomic E-state index is 0.00879. The Morgan fingerprint density at radius 2 is 1.60 bits per heavy atom. The molecule has 278 valence electrons. The molecule has 0 spiro atoms. The first-order valence-corrected chi connectivity index (χ1v) is 17.4. The van der Waals surface area contributed by atoms with Crippen molar-refractivity contribution in [3.05, 3.63) is 112 Å². The molecule has 3 aromatic carbocycles. The number of aromatic nitrogens is 3. The monoisotopic (exact) mass is 745 g/mol. The molecule has 1 aliphatic carbocycles. The summed E-state index contributed by atoms with van der Waals surface area (Å²) in [6, 6.07) is 19.7. The average molecular weight is 746 g/mol. The van der Waals surface area contributed by atoms with Crippen molar-refractivity contribution in [3.63, 3.8) is 0 Å². The third-order valence-corrected chi connectivity index (χ3v) is 10.3. The van der Waals surface area contributed by atoms with E-state index >= 15 is 4.39 Å². The van der Waals surface area contributed by atoms with Crippen LogP contribution in [0.5, 0.6) is 0 Å². The maximum absolute atomic E-state index is 15.2. The molecule has 1 aliphatic heterocycles. The Balaban J connectivity index is 0.000000679. The number of rotatable bonds is 7. The number of amides is 1. The van der Waals surface area contributed by atoms with Crippen molar-refractivity contribution in [2.75, 3.05) is 13.1 Å². The van der Waals surface area contributed by atoms with Gasteiger partial charge in [-0.15, -0.1) is 0 Å². The van der Waals surface area contributed by atoms with E-state index in [9.17, 15) is 22.4 Å². The number of carboxylic acid groups (broad SMARTS) is 1. The van der Waals surface area contributed by atoms with Gasteiger partial charge in [0, 0.05) is 47.6 Å². The second-order valence-corrected chi connectivity index (χ2v) is 14.4. The number of aliphatic carboxylic acids is 1. The molecule has 1 amide bonds. The molecule has 8 nitrogen and oxygen atoms in total.